The second-order valence-electron chi connectivity index (χ2n) is 5.86. The normalized spacial score (nSPS) is 12.6. The van der Waals surface area contributed by atoms with Gasteiger partial charge in [-0.25, -0.2) is 10.1 Å². The highest BCUT2D eigenvalue weighted by Crippen LogP contribution is 2.34. The van der Waals surface area contributed by atoms with Crippen LogP contribution in [0.3, 0.4) is 0 Å². The van der Waals surface area contributed by atoms with E-state index >= 15 is 0 Å². The minimum atomic E-state index is -3.82. The molecule has 0 aliphatic rings. The molecule has 0 fully saturated rings. The second-order valence-corrected chi connectivity index (χ2v) is 8.88. The first-order chi connectivity index (χ1) is 8.98. The van der Waals surface area contributed by atoms with E-state index in [4.69, 9.17) is 5.14 Å². The fourth-order valence-electron chi connectivity index (χ4n) is 1.96. The van der Waals surface area contributed by atoms with Crippen molar-refractivity contribution in [2.45, 2.75) is 52.9 Å². The largest absolute Gasteiger partial charge is 0.308 e. The van der Waals surface area contributed by atoms with E-state index in [1.807, 2.05) is 27.7 Å². The molecule has 0 atom stereocenters. The molecule has 7 heteroatoms. The molecule has 0 amide bonds. The fraction of sp³-hybridized carbons (Fsp3) is 0.615. The van der Waals surface area contributed by atoms with Gasteiger partial charge in [0.1, 0.15) is 0 Å². The standard InChI is InChI=1S/C13H22IN3O2S/c1-6-7-10-8-11(13(3,4)5)12(16-9(10)2)17(14)20(15,18)19/h8H,6-7H2,1-5H3,(H2,15,18,19). The van der Waals surface area contributed by atoms with E-state index in [9.17, 15) is 8.42 Å². The van der Waals surface area contributed by atoms with Gasteiger partial charge in [0.25, 0.3) is 0 Å². The molecular formula is C13H22IN3O2S. The summed E-state index contributed by atoms with van der Waals surface area (Å²) in [7, 11) is -3.82. The Hall–Kier alpha value is -0.410. The molecule has 0 unspecified atom stereocenters. The number of rotatable bonds is 4. The average molecular weight is 411 g/mol. The third-order valence-electron chi connectivity index (χ3n) is 3.02. The quantitative estimate of drug-likeness (QED) is 0.611. The van der Waals surface area contributed by atoms with Crippen molar-refractivity contribution >= 4 is 38.9 Å². The van der Waals surface area contributed by atoms with Crippen LogP contribution in [0, 0.1) is 6.92 Å². The van der Waals surface area contributed by atoms with Gasteiger partial charge in [0.05, 0.1) is 22.9 Å². The maximum absolute atomic E-state index is 11.6. The zero-order chi connectivity index (χ0) is 15.7. The summed E-state index contributed by atoms with van der Waals surface area (Å²) in [6, 6.07) is 2.05. The molecule has 0 saturated heterocycles. The zero-order valence-electron chi connectivity index (χ0n) is 12.6. The van der Waals surface area contributed by atoms with Crippen LogP contribution in [0.5, 0.6) is 0 Å². The second kappa shape index (κ2) is 6.15. The number of nitrogens with zero attached hydrogens (tertiary/aromatic N) is 2. The SMILES string of the molecule is CCCc1cc(C(C)(C)C)c(N(I)S(N)(=O)=O)nc1C. The Balaban J connectivity index is 3.55. The molecule has 0 spiro atoms. The van der Waals surface area contributed by atoms with E-state index in [-0.39, 0.29) is 5.41 Å². The van der Waals surface area contributed by atoms with E-state index in [1.165, 1.54) is 0 Å². The lowest BCUT2D eigenvalue weighted by molar-refractivity contribution is 0.584. The summed E-state index contributed by atoms with van der Waals surface area (Å²) in [5, 5.41) is 5.22. The Morgan fingerprint density at radius 1 is 1.40 bits per heavy atom. The number of halogens is 1. The summed E-state index contributed by atoms with van der Waals surface area (Å²) < 4.78 is 24.2. The number of pyridine rings is 1. The summed E-state index contributed by atoms with van der Waals surface area (Å²) in [5.74, 6) is 0.401. The molecule has 1 rings (SSSR count). The van der Waals surface area contributed by atoms with Crippen molar-refractivity contribution in [1.29, 1.82) is 0 Å². The molecule has 1 aromatic rings. The molecule has 5 nitrogen and oxygen atoms in total. The van der Waals surface area contributed by atoms with E-state index in [2.05, 4.69) is 18.0 Å². The van der Waals surface area contributed by atoms with E-state index < -0.39 is 10.2 Å². The first-order valence-corrected chi connectivity index (χ1v) is 8.95. The smallest absolute Gasteiger partial charge is 0.234 e. The lowest BCUT2D eigenvalue weighted by Crippen LogP contribution is -2.31. The molecule has 0 saturated carbocycles. The molecule has 0 aliphatic heterocycles. The fourth-order valence-corrected chi connectivity index (χ4v) is 2.71. The lowest BCUT2D eigenvalue weighted by Gasteiger charge is -2.26. The maximum atomic E-state index is 11.6. The highest BCUT2D eigenvalue weighted by molar-refractivity contribution is 14.1. The first kappa shape index (κ1) is 17.6. The average Bonchev–Trinajstić information content (AvgIpc) is 2.28. The van der Waals surface area contributed by atoms with Crippen molar-refractivity contribution in [3.8, 4) is 0 Å². The number of aromatic nitrogens is 1. The van der Waals surface area contributed by atoms with Crippen LogP contribution in [-0.2, 0) is 22.0 Å². The summed E-state index contributed by atoms with van der Waals surface area (Å²) in [6.45, 7) is 10.1. The maximum Gasteiger partial charge on any atom is 0.308 e. The topological polar surface area (TPSA) is 76.3 Å². The van der Waals surface area contributed by atoms with Gasteiger partial charge in [0, 0.05) is 11.3 Å². The van der Waals surface area contributed by atoms with Crippen molar-refractivity contribution in [1.82, 2.24) is 4.98 Å². The van der Waals surface area contributed by atoms with Gasteiger partial charge in [-0.2, -0.15) is 10.9 Å². The molecule has 0 bridgehead atoms. The van der Waals surface area contributed by atoms with Crippen molar-refractivity contribution in [3.63, 3.8) is 0 Å². The molecule has 20 heavy (non-hydrogen) atoms. The van der Waals surface area contributed by atoms with Gasteiger partial charge in [-0.05, 0) is 30.4 Å². The number of hydrogen-bond donors (Lipinski definition) is 1. The van der Waals surface area contributed by atoms with Crippen LogP contribution in [-0.4, -0.2) is 13.4 Å². The summed E-state index contributed by atoms with van der Waals surface area (Å²) in [6.07, 6.45) is 1.95. The molecular weight excluding hydrogens is 389 g/mol. The Kier molecular flexibility index (Phi) is 5.42. The van der Waals surface area contributed by atoms with Crippen LogP contribution in [0.2, 0.25) is 0 Å². The Bertz CT molecular complexity index is 594. The van der Waals surface area contributed by atoms with Gasteiger partial charge < -0.3 is 0 Å². The van der Waals surface area contributed by atoms with Crippen LogP contribution in [0.1, 0.15) is 50.9 Å². The van der Waals surface area contributed by atoms with Gasteiger partial charge >= 0.3 is 10.2 Å². The van der Waals surface area contributed by atoms with Crippen LogP contribution in [0.25, 0.3) is 0 Å². The minimum Gasteiger partial charge on any atom is -0.234 e. The predicted molar refractivity (Wildman–Crippen MR) is 91.3 cm³/mol. The Morgan fingerprint density at radius 2 is 1.95 bits per heavy atom. The third kappa shape index (κ3) is 4.05. The zero-order valence-corrected chi connectivity index (χ0v) is 15.5. The third-order valence-corrected chi connectivity index (χ3v) is 5.74. The van der Waals surface area contributed by atoms with Gasteiger partial charge in [-0.3, -0.25) is 0 Å². The minimum absolute atomic E-state index is 0.216. The molecule has 1 heterocycles. The van der Waals surface area contributed by atoms with Gasteiger partial charge in [0.15, 0.2) is 5.82 Å². The van der Waals surface area contributed by atoms with Crippen molar-refractivity contribution in [2.24, 2.45) is 5.14 Å². The molecule has 2 N–H and O–H groups in total. The van der Waals surface area contributed by atoms with Crippen LogP contribution < -0.4 is 7.66 Å². The summed E-state index contributed by atoms with van der Waals surface area (Å²) in [4.78, 5) is 4.48. The lowest BCUT2D eigenvalue weighted by atomic mass is 9.86. The molecule has 1 aromatic heterocycles. The highest BCUT2D eigenvalue weighted by Gasteiger charge is 2.27. The van der Waals surface area contributed by atoms with Crippen molar-refractivity contribution < 1.29 is 8.42 Å². The Labute approximate surface area is 135 Å². The molecule has 0 aliphatic carbocycles. The predicted octanol–water partition coefficient (Wildman–Crippen LogP) is 3.00. The van der Waals surface area contributed by atoms with Gasteiger partial charge in [-0.15, -0.1) is 0 Å². The summed E-state index contributed by atoms with van der Waals surface area (Å²) >= 11 is 1.69. The van der Waals surface area contributed by atoms with Crippen LogP contribution in [0.15, 0.2) is 6.07 Å². The van der Waals surface area contributed by atoms with Gasteiger partial charge in [-0.1, -0.05) is 34.1 Å². The molecule has 0 aromatic carbocycles. The Morgan fingerprint density at radius 3 is 2.35 bits per heavy atom. The molecule has 114 valence electrons. The van der Waals surface area contributed by atoms with E-state index in [0.717, 1.165) is 32.2 Å². The number of nitrogens with two attached hydrogens (primary N) is 1. The van der Waals surface area contributed by atoms with Crippen molar-refractivity contribution in [2.75, 3.05) is 2.52 Å². The highest BCUT2D eigenvalue weighted by atomic mass is 127. The van der Waals surface area contributed by atoms with E-state index in [1.54, 1.807) is 22.9 Å². The summed E-state index contributed by atoms with van der Waals surface area (Å²) in [5.41, 5.74) is 2.67. The van der Waals surface area contributed by atoms with E-state index in [0.29, 0.717) is 5.82 Å². The monoisotopic (exact) mass is 411 g/mol. The van der Waals surface area contributed by atoms with Gasteiger partial charge in [0.2, 0.25) is 0 Å². The first-order valence-electron chi connectivity index (χ1n) is 6.48. The van der Waals surface area contributed by atoms with Crippen LogP contribution >= 0.6 is 22.9 Å². The van der Waals surface area contributed by atoms with Crippen molar-refractivity contribution in [3.05, 3.63) is 22.9 Å². The van der Waals surface area contributed by atoms with Crippen LogP contribution in [0.4, 0.5) is 5.82 Å². The number of aryl methyl sites for hydroxylation is 2. The number of hydrogen-bond acceptors (Lipinski definition) is 3. The molecule has 0 radical (unpaired) electrons. The number of anilines is 1.